The Hall–Kier alpha value is -4.67. The van der Waals surface area contributed by atoms with Gasteiger partial charge in [-0.2, -0.15) is 5.10 Å². The number of hydrogen-bond acceptors (Lipinski definition) is 6. The zero-order valence-electron chi connectivity index (χ0n) is 21.8. The maximum atomic E-state index is 15.0. The third-order valence-corrected chi connectivity index (χ3v) is 6.47. The number of ether oxygens (including phenoxy) is 1. The van der Waals surface area contributed by atoms with Crippen LogP contribution in [0.4, 0.5) is 20.3 Å². The molecule has 1 saturated heterocycles. The molecule has 4 aromatic rings. The highest BCUT2D eigenvalue weighted by molar-refractivity contribution is 5.94. The van der Waals surface area contributed by atoms with E-state index >= 15 is 4.39 Å². The topological polar surface area (TPSA) is 96.9 Å². The minimum absolute atomic E-state index is 0.113. The number of H-pyrrole nitrogens is 2. The summed E-state index contributed by atoms with van der Waals surface area (Å²) < 4.78 is 35.2. The van der Waals surface area contributed by atoms with Crippen molar-refractivity contribution in [2.45, 2.75) is 13.8 Å². The predicted molar refractivity (Wildman–Crippen MR) is 151 cm³/mol. The van der Waals surface area contributed by atoms with Crippen LogP contribution >= 0.6 is 0 Å². The Labute approximate surface area is 224 Å². The lowest BCUT2D eigenvalue weighted by molar-refractivity contribution is 0.308. The van der Waals surface area contributed by atoms with Gasteiger partial charge in [0.25, 0.3) is 0 Å². The van der Waals surface area contributed by atoms with E-state index in [9.17, 15) is 4.39 Å². The van der Waals surface area contributed by atoms with Crippen molar-refractivity contribution in [3.05, 3.63) is 83.5 Å². The molecule has 39 heavy (non-hydrogen) atoms. The Kier molecular flexibility index (Phi) is 7.57. The Balaban J connectivity index is 1.37. The fourth-order valence-corrected chi connectivity index (χ4v) is 4.53. The van der Waals surface area contributed by atoms with Gasteiger partial charge < -0.3 is 24.8 Å². The largest absolute Gasteiger partial charge is 0.468 e. The number of para-hydroxylation sites is 1. The first kappa shape index (κ1) is 26.0. The van der Waals surface area contributed by atoms with E-state index in [2.05, 4.69) is 59.1 Å². The molecule has 0 atom stereocenters. The molecule has 2 aromatic heterocycles. The first-order valence-electron chi connectivity index (χ1n) is 12.6. The summed E-state index contributed by atoms with van der Waals surface area (Å²) in [6, 6.07) is 14.6. The lowest BCUT2D eigenvalue weighted by atomic mass is 10.2. The molecule has 5 rings (SSSR count). The monoisotopic (exact) mass is 532 g/mol. The number of anilines is 2. The molecule has 0 saturated carbocycles. The summed E-state index contributed by atoms with van der Waals surface area (Å²) in [6.45, 7) is 10.0. The van der Waals surface area contributed by atoms with E-state index in [0.717, 1.165) is 30.5 Å². The molecule has 0 unspecified atom stereocenters. The first-order valence-corrected chi connectivity index (χ1v) is 12.6. The van der Waals surface area contributed by atoms with E-state index in [1.165, 1.54) is 0 Å². The van der Waals surface area contributed by atoms with Gasteiger partial charge in [0.2, 0.25) is 0 Å². The van der Waals surface area contributed by atoms with Crippen LogP contribution in [0.15, 0.2) is 70.4 Å². The number of rotatable bonds is 8. The smallest absolute Gasteiger partial charge is 0.181 e. The maximum absolute atomic E-state index is 15.0. The zero-order chi connectivity index (χ0) is 27.4. The number of aliphatic imine (C=N–C) groups is 2. The highest BCUT2D eigenvalue weighted by Gasteiger charge is 2.20. The number of aromatic nitrogens is 3. The molecule has 11 heteroatoms. The van der Waals surface area contributed by atoms with E-state index < -0.39 is 11.6 Å². The highest BCUT2D eigenvalue weighted by atomic mass is 19.1. The van der Waals surface area contributed by atoms with Gasteiger partial charge in [0, 0.05) is 66.8 Å². The molecule has 0 radical (unpaired) electrons. The Morgan fingerprint density at radius 1 is 1.10 bits per heavy atom. The van der Waals surface area contributed by atoms with Gasteiger partial charge in [-0.25, -0.2) is 18.8 Å². The number of fused-ring (bicyclic) bond motifs is 1. The SMILES string of the molecule is C=N/C(=C\C(=N/COc1cc(F)c2[nH]c(C)cc2c1F)N1CCN(c2ccccc2)CC1)Nc1cc(C)[nH]n1. The number of nitrogens with one attached hydrogen (secondary N) is 3. The summed E-state index contributed by atoms with van der Waals surface area (Å²) in [6.07, 6.45) is 1.74. The second kappa shape index (κ2) is 11.4. The van der Waals surface area contributed by atoms with Gasteiger partial charge in [-0.1, -0.05) is 18.2 Å². The molecule has 2 aromatic carbocycles. The average molecular weight is 533 g/mol. The molecule has 0 aliphatic carbocycles. The minimum Gasteiger partial charge on any atom is -0.468 e. The van der Waals surface area contributed by atoms with E-state index in [1.807, 2.05) is 31.2 Å². The standard InChI is InChI=1S/C28H30F2N8O/c1-18-13-21-27(30)23(15-22(29)28(21)33-18)39-17-32-26(16-24(31-3)34-25-14-19(2)35-36-25)38-11-9-37(10-12-38)20-7-5-4-6-8-20/h4-8,13-16,33H,3,9-12,17H2,1-2H3,(H2,34,35,36)/b24-16+,32-26+. The lowest BCUT2D eigenvalue weighted by Gasteiger charge is -2.37. The fourth-order valence-electron chi connectivity index (χ4n) is 4.53. The number of hydrogen-bond donors (Lipinski definition) is 3. The molecular weight excluding hydrogens is 502 g/mol. The number of piperazine rings is 1. The minimum atomic E-state index is -0.636. The number of nitrogens with zero attached hydrogens (tertiary/aromatic N) is 5. The molecule has 9 nitrogen and oxygen atoms in total. The number of amidine groups is 1. The highest BCUT2D eigenvalue weighted by Crippen LogP contribution is 2.29. The van der Waals surface area contributed by atoms with Gasteiger partial charge >= 0.3 is 0 Å². The molecule has 0 amide bonds. The van der Waals surface area contributed by atoms with Crippen LogP contribution in [0, 0.1) is 25.5 Å². The van der Waals surface area contributed by atoms with Crippen LogP contribution in [0.25, 0.3) is 10.9 Å². The molecule has 202 valence electrons. The van der Waals surface area contributed by atoms with Crippen molar-refractivity contribution in [1.29, 1.82) is 0 Å². The van der Waals surface area contributed by atoms with Crippen molar-refractivity contribution in [3.63, 3.8) is 0 Å². The molecule has 1 aliphatic rings. The van der Waals surface area contributed by atoms with Crippen molar-refractivity contribution in [3.8, 4) is 5.75 Å². The molecule has 0 bridgehead atoms. The third kappa shape index (κ3) is 5.92. The number of aryl methyl sites for hydroxylation is 2. The summed E-state index contributed by atoms with van der Waals surface area (Å²) in [5.41, 5.74) is 2.82. The molecule has 0 spiro atoms. The fraction of sp³-hybridized carbons (Fsp3) is 0.250. The van der Waals surface area contributed by atoms with Gasteiger partial charge in [-0.15, -0.1) is 0 Å². The van der Waals surface area contributed by atoms with E-state index in [4.69, 9.17) is 4.74 Å². The lowest BCUT2D eigenvalue weighted by Crippen LogP contribution is -2.48. The summed E-state index contributed by atoms with van der Waals surface area (Å²) in [7, 11) is 0. The van der Waals surface area contributed by atoms with Crippen LogP contribution in [-0.4, -0.2) is 65.5 Å². The van der Waals surface area contributed by atoms with Gasteiger partial charge in [-0.3, -0.25) is 5.10 Å². The van der Waals surface area contributed by atoms with E-state index in [0.29, 0.717) is 36.3 Å². The first-order chi connectivity index (χ1) is 18.9. The zero-order valence-corrected chi connectivity index (χ0v) is 21.8. The number of aromatic amines is 2. The summed E-state index contributed by atoms with van der Waals surface area (Å²) in [4.78, 5) is 15.9. The summed E-state index contributed by atoms with van der Waals surface area (Å²) in [5, 5.41) is 10.3. The Bertz CT molecular complexity index is 1520. The number of halogens is 2. The summed E-state index contributed by atoms with van der Waals surface area (Å²) >= 11 is 0. The van der Waals surface area contributed by atoms with Crippen LogP contribution in [0.5, 0.6) is 5.75 Å². The van der Waals surface area contributed by atoms with Crippen LogP contribution in [-0.2, 0) is 0 Å². The van der Waals surface area contributed by atoms with E-state index in [-0.39, 0.29) is 23.4 Å². The third-order valence-electron chi connectivity index (χ3n) is 6.47. The quantitative estimate of drug-likeness (QED) is 0.219. The molecule has 3 N–H and O–H groups in total. The van der Waals surface area contributed by atoms with Crippen molar-refractivity contribution in [2.24, 2.45) is 9.98 Å². The second-order valence-electron chi connectivity index (χ2n) is 9.26. The normalized spacial score (nSPS) is 14.7. The maximum Gasteiger partial charge on any atom is 0.181 e. The molecule has 3 heterocycles. The van der Waals surface area contributed by atoms with Crippen molar-refractivity contribution >= 4 is 35.0 Å². The predicted octanol–water partition coefficient (Wildman–Crippen LogP) is 5.00. The van der Waals surface area contributed by atoms with Crippen molar-refractivity contribution in [2.75, 3.05) is 43.1 Å². The number of benzene rings is 2. The van der Waals surface area contributed by atoms with Gasteiger partial charge in [0.15, 0.2) is 29.9 Å². The van der Waals surface area contributed by atoms with E-state index in [1.54, 1.807) is 19.1 Å². The Morgan fingerprint density at radius 3 is 2.56 bits per heavy atom. The van der Waals surface area contributed by atoms with Crippen LogP contribution in [0.3, 0.4) is 0 Å². The molecular formula is C28H30F2N8O. The van der Waals surface area contributed by atoms with Crippen LogP contribution < -0.4 is 15.0 Å². The van der Waals surface area contributed by atoms with Gasteiger partial charge in [-0.05, 0) is 38.8 Å². The Morgan fingerprint density at radius 2 is 1.87 bits per heavy atom. The summed E-state index contributed by atoms with van der Waals surface area (Å²) in [5.74, 6) is 0.169. The molecule has 1 aliphatic heterocycles. The van der Waals surface area contributed by atoms with Crippen LogP contribution in [0.1, 0.15) is 11.4 Å². The average Bonchev–Trinajstić information content (AvgIpc) is 3.56. The van der Waals surface area contributed by atoms with Crippen LogP contribution in [0.2, 0.25) is 0 Å². The van der Waals surface area contributed by atoms with Crippen molar-refractivity contribution < 1.29 is 13.5 Å². The van der Waals surface area contributed by atoms with Gasteiger partial charge in [0.05, 0.1) is 5.52 Å². The van der Waals surface area contributed by atoms with Gasteiger partial charge in [0.1, 0.15) is 11.7 Å². The second-order valence-corrected chi connectivity index (χ2v) is 9.26. The molecule has 1 fully saturated rings. The van der Waals surface area contributed by atoms with Crippen molar-refractivity contribution in [1.82, 2.24) is 20.1 Å².